The Labute approximate surface area is 131 Å². The molecule has 0 fully saturated rings. The van der Waals surface area contributed by atoms with Gasteiger partial charge in [0.1, 0.15) is 0 Å². The van der Waals surface area contributed by atoms with Gasteiger partial charge in [-0.15, -0.1) is 22.7 Å². The van der Waals surface area contributed by atoms with E-state index >= 15 is 0 Å². The fourth-order valence-electron chi connectivity index (χ4n) is 1.38. The van der Waals surface area contributed by atoms with Crippen molar-refractivity contribution in [2.75, 3.05) is 0 Å². The molecule has 0 radical (unpaired) electrons. The summed E-state index contributed by atoms with van der Waals surface area (Å²) in [4.78, 5) is 5.04. The number of aryl methyl sites for hydroxylation is 1. The first-order valence-corrected chi connectivity index (χ1v) is 8.57. The van der Waals surface area contributed by atoms with Crippen LogP contribution in [0, 0.1) is 18.3 Å². The van der Waals surface area contributed by atoms with E-state index in [9.17, 15) is 0 Å². The van der Waals surface area contributed by atoms with Crippen LogP contribution in [0.25, 0.3) is 15.8 Å². The third kappa shape index (κ3) is 5.73. The molecule has 2 heterocycles. The number of rotatable bonds is 2. The Morgan fingerprint density at radius 3 is 2.05 bits per heavy atom. The summed E-state index contributed by atoms with van der Waals surface area (Å²) in [6, 6.07) is 10.6. The van der Waals surface area contributed by atoms with Crippen LogP contribution in [0.15, 0.2) is 29.8 Å². The van der Waals surface area contributed by atoms with Gasteiger partial charge >= 0.3 is 0 Å². The molecule has 1 nitrogen and oxygen atoms in total. The van der Waals surface area contributed by atoms with Gasteiger partial charge in [0, 0.05) is 25.1 Å². The monoisotopic (exact) mass is 305 g/mol. The zero-order valence-electron chi connectivity index (χ0n) is 13.2. The molecule has 0 aromatic carbocycles. The van der Waals surface area contributed by atoms with E-state index in [1.54, 1.807) is 22.7 Å². The lowest BCUT2D eigenvalue weighted by atomic mass is 10.3. The lowest BCUT2D eigenvalue weighted by Gasteiger charge is -1.88. The van der Waals surface area contributed by atoms with Crippen molar-refractivity contribution in [3.8, 4) is 15.8 Å². The van der Waals surface area contributed by atoms with Crippen LogP contribution in [-0.4, -0.2) is 0 Å². The number of allylic oxidation sites excluding steroid dienone is 1. The van der Waals surface area contributed by atoms with Crippen molar-refractivity contribution in [1.29, 1.82) is 5.26 Å². The van der Waals surface area contributed by atoms with Crippen LogP contribution in [0.5, 0.6) is 0 Å². The minimum atomic E-state index is 0.746. The van der Waals surface area contributed by atoms with Gasteiger partial charge in [-0.05, 0) is 44.2 Å². The number of hydrogen-bond donors (Lipinski definition) is 0. The number of hydrogen-bond acceptors (Lipinski definition) is 3. The smallest absolute Gasteiger partial charge is 0.0944 e. The summed E-state index contributed by atoms with van der Waals surface area (Å²) in [6.07, 6.45) is 1.93. The first-order valence-electron chi connectivity index (χ1n) is 6.94. The SMILES string of the molecule is CC.CC.CC(C#N)=Cc1ccc(-c2ccc(C)s2)s1. The fraction of sp³-hybridized carbons (Fsp3) is 0.353. The largest absolute Gasteiger partial charge is 0.193 e. The first-order chi connectivity index (χ1) is 9.69. The van der Waals surface area contributed by atoms with Crippen LogP contribution in [0.3, 0.4) is 0 Å². The molecule has 0 aliphatic carbocycles. The Balaban J connectivity index is 0.000000829. The van der Waals surface area contributed by atoms with Crippen molar-refractivity contribution in [1.82, 2.24) is 0 Å². The van der Waals surface area contributed by atoms with Gasteiger partial charge in [0.05, 0.1) is 6.07 Å². The molecular formula is C17H23NS2. The third-order valence-electron chi connectivity index (χ3n) is 2.15. The molecule has 0 unspecified atom stereocenters. The van der Waals surface area contributed by atoms with Gasteiger partial charge in [-0.2, -0.15) is 5.26 Å². The zero-order chi connectivity index (χ0) is 15.5. The minimum absolute atomic E-state index is 0.746. The van der Waals surface area contributed by atoms with Gasteiger partial charge < -0.3 is 0 Å². The molecule has 0 aliphatic heterocycles. The number of nitrogens with zero attached hydrogens (tertiary/aromatic N) is 1. The van der Waals surface area contributed by atoms with Crippen molar-refractivity contribution in [3.63, 3.8) is 0 Å². The first kappa shape index (κ1) is 18.6. The minimum Gasteiger partial charge on any atom is -0.193 e. The molecule has 0 saturated carbocycles. The van der Waals surface area contributed by atoms with Crippen molar-refractivity contribution in [2.24, 2.45) is 0 Å². The molecule has 0 N–H and O–H groups in total. The van der Waals surface area contributed by atoms with Gasteiger partial charge in [-0.25, -0.2) is 0 Å². The summed E-state index contributed by atoms with van der Waals surface area (Å²) in [7, 11) is 0. The molecule has 0 bridgehead atoms. The molecule has 2 aromatic heterocycles. The maximum Gasteiger partial charge on any atom is 0.0944 e. The highest BCUT2D eigenvalue weighted by molar-refractivity contribution is 7.22. The van der Waals surface area contributed by atoms with E-state index in [1.807, 2.05) is 40.7 Å². The second-order valence-electron chi connectivity index (χ2n) is 3.55. The molecule has 0 aliphatic rings. The van der Waals surface area contributed by atoms with Gasteiger partial charge in [-0.1, -0.05) is 27.7 Å². The Bertz CT molecular complexity index is 568. The fourth-order valence-corrected chi connectivity index (χ4v) is 3.34. The van der Waals surface area contributed by atoms with Crippen LogP contribution in [0.1, 0.15) is 44.4 Å². The summed E-state index contributed by atoms with van der Waals surface area (Å²) in [5.41, 5.74) is 0.746. The normalized spacial score (nSPS) is 9.75. The standard InChI is InChI=1S/C13H11NS2.2C2H6/c1-9(8-14)7-11-4-6-13(16-11)12-5-3-10(2)15-12;2*1-2/h3-7H,1-2H3;2*1-2H3. The second-order valence-corrected chi connectivity index (χ2v) is 5.95. The highest BCUT2D eigenvalue weighted by atomic mass is 32.1. The molecule has 20 heavy (non-hydrogen) atoms. The lowest BCUT2D eigenvalue weighted by molar-refractivity contribution is 1.46. The maximum absolute atomic E-state index is 8.71. The van der Waals surface area contributed by atoms with Gasteiger partial charge in [0.25, 0.3) is 0 Å². The van der Waals surface area contributed by atoms with Gasteiger partial charge in [0.15, 0.2) is 0 Å². The Kier molecular flexibility index (Phi) is 9.71. The molecule has 0 spiro atoms. The molecule has 2 rings (SSSR count). The van der Waals surface area contributed by atoms with E-state index in [2.05, 4.69) is 37.3 Å². The molecule has 0 saturated heterocycles. The predicted molar refractivity (Wildman–Crippen MR) is 94.3 cm³/mol. The molecule has 2 aromatic rings. The van der Waals surface area contributed by atoms with Crippen LogP contribution in [0.2, 0.25) is 0 Å². The maximum atomic E-state index is 8.71. The van der Waals surface area contributed by atoms with Crippen LogP contribution < -0.4 is 0 Å². The highest BCUT2D eigenvalue weighted by Crippen LogP contribution is 2.33. The van der Waals surface area contributed by atoms with Crippen molar-refractivity contribution in [2.45, 2.75) is 41.5 Å². The summed E-state index contributed by atoms with van der Waals surface area (Å²) < 4.78 is 0. The number of thiophene rings is 2. The average molecular weight is 306 g/mol. The average Bonchev–Trinajstić information content (AvgIpc) is 3.12. The predicted octanol–water partition coefficient (Wildman–Crippen LogP) is 6.76. The molecule has 3 heteroatoms. The van der Waals surface area contributed by atoms with E-state index < -0.39 is 0 Å². The van der Waals surface area contributed by atoms with E-state index in [0.717, 1.165) is 10.5 Å². The second kappa shape index (κ2) is 10.4. The van der Waals surface area contributed by atoms with Crippen LogP contribution in [0.4, 0.5) is 0 Å². The Morgan fingerprint density at radius 1 is 1.00 bits per heavy atom. The lowest BCUT2D eigenvalue weighted by Crippen LogP contribution is -1.64. The van der Waals surface area contributed by atoms with Gasteiger partial charge in [0.2, 0.25) is 0 Å². The number of nitriles is 1. The molecule has 0 amide bonds. The highest BCUT2D eigenvalue weighted by Gasteiger charge is 2.03. The molecule has 0 atom stereocenters. The summed E-state index contributed by atoms with van der Waals surface area (Å²) in [6.45, 7) is 11.9. The zero-order valence-corrected chi connectivity index (χ0v) is 14.8. The van der Waals surface area contributed by atoms with E-state index in [1.165, 1.54) is 14.6 Å². The summed E-state index contributed by atoms with van der Waals surface area (Å²) in [5.74, 6) is 0. The topological polar surface area (TPSA) is 23.8 Å². The third-order valence-corrected chi connectivity index (χ3v) is 4.37. The van der Waals surface area contributed by atoms with E-state index in [0.29, 0.717) is 0 Å². The van der Waals surface area contributed by atoms with Crippen LogP contribution in [-0.2, 0) is 0 Å². The summed E-state index contributed by atoms with van der Waals surface area (Å²) in [5, 5.41) is 8.71. The van der Waals surface area contributed by atoms with Gasteiger partial charge in [-0.3, -0.25) is 0 Å². The quantitative estimate of drug-likeness (QED) is 0.562. The van der Waals surface area contributed by atoms with Crippen molar-refractivity contribution >= 4 is 28.7 Å². The van der Waals surface area contributed by atoms with Crippen molar-refractivity contribution < 1.29 is 0 Å². The molecule has 108 valence electrons. The Morgan fingerprint density at radius 2 is 1.55 bits per heavy atom. The van der Waals surface area contributed by atoms with Crippen LogP contribution >= 0.6 is 22.7 Å². The molecular weight excluding hydrogens is 282 g/mol. The Hall–Kier alpha value is -1.37. The van der Waals surface area contributed by atoms with E-state index in [4.69, 9.17) is 5.26 Å². The summed E-state index contributed by atoms with van der Waals surface area (Å²) >= 11 is 3.53. The van der Waals surface area contributed by atoms with Crippen molar-refractivity contribution in [3.05, 3.63) is 39.6 Å². The van der Waals surface area contributed by atoms with E-state index in [-0.39, 0.29) is 0 Å².